The SMILES string of the molecule is Nc1ccnc(N2CCC3(CC2)c2ccccc2O[C@H]3C(=O)NCc2ccccc2)c1. The molecule has 6 heteroatoms. The van der Waals surface area contributed by atoms with Crippen LogP contribution in [0.25, 0.3) is 0 Å². The summed E-state index contributed by atoms with van der Waals surface area (Å²) in [7, 11) is 0. The smallest absolute Gasteiger partial charge is 0.262 e. The molecule has 5 rings (SSSR count). The molecule has 2 aliphatic heterocycles. The predicted octanol–water partition coefficient (Wildman–Crippen LogP) is 3.28. The number of carbonyl (C=O) groups excluding carboxylic acids is 1. The lowest BCUT2D eigenvalue weighted by molar-refractivity contribution is -0.130. The number of benzene rings is 2. The Morgan fingerprint density at radius 3 is 2.61 bits per heavy atom. The zero-order valence-corrected chi connectivity index (χ0v) is 17.3. The molecule has 1 spiro atoms. The summed E-state index contributed by atoms with van der Waals surface area (Å²) < 4.78 is 6.24. The molecule has 3 aromatic rings. The summed E-state index contributed by atoms with van der Waals surface area (Å²) in [4.78, 5) is 20.0. The highest BCUT2D eigenvalue weighted by Gasteiger charge is 2.53. The van der Waals surface area contributed by atoms with Gasteiger partial charge in [0.1, 0.15) is 11.6 Å². The molecule has 0 aliphatic carbocycles. The highest BCUT2D eigenvalue weighted by atomic mass is 16.5. The van der Waals surface area contributed by atoms with Gasteiger partial charge >= 0.3 is 0 Å². The van der Waals surface area contributed by atoms with Crippen molar-refractivity contribution in [2.24, 2.45) is 0 Å². The number of amides is 1. The normalized spacial score (nSPS) is 19.0. The number of piperidine rings is 1. The minimum Gasteiger partial charge on any atom is -0.479 e. The van der Waals surface area contributed by atoms with E-state index in [0.717, 1.165) is 48.6 Å². The average molecular weight is 415 g/mol. The fourth-order valence-corrected chi connectivity index (χ4v) is 4.82. The number of fused-ring (bicyclic) bond motifs is 2. The number of anilines is 2. The van der Waals surface area contributed by atoms with Crippen molar-refractivity contribution in [1.82, 2.24) is 10.3 Å². The van der Waals surface area contributed by atoms with E-state index in [0.29, 0.717) is 12.2 Å². The van der Waals surface area contributed by atoms with Crippen molar-refractivity contribution in [3.05, 3.63) is 84.1 Å². The van der Waals surface area contributed by atoms with E-state index in [9.17, 15) is 4.79 Å². The van der Waals surface area contributed by atoms with Crippen molar-refractivity contribution >= 4 is 17.4 Å². The maximum Gasteiger partial charge on any atom is 0.262 e. The number of para-hydroxylation sites is 1. The Hall–Kier alpha value is -3.54. The van der Waals surface area contributed by atoms with Crippen molar-refractivity contribution in [2.75, 3.05) is 23.7 Å². The van der Waals surface area contributed by atoms with Gasteiger partial charge in [-0.2, -0.15) is 0 Å². The van der Waals surface area contributed by atoms with Gasteiger partial charge in [0, 0.05) is 48.6 Å². The first-order chi connectivity index (χ1) is 15.2. The summed E-state index contributed by atoms with van der Waals surface area (Å²) in [5.41, 5.74) is 8.52. The summed E-state index contributed by atoms with van der Waals surface area (Å²) in [6.45, 7) is 2.07. The van der Waals surface area contributed by atoms with Gasteiger partial charge in [0.15, 0.2) is 6.10 Å². The lowest BCUT2D eigenvalue weighted by atomic mass is 9.69. The van der Waals surface area contributed by atoms with Crippen LogP contribution in [0.1, 0.15) is 24.0 Å². The molecule has 0 saturated carbocycles. The number of rotatable bonds is 4. The van der Waals surface area contributed by atoms with Crippen LogP contribution in [-0.4, -0.2) is 30.1 Å². The lowest BCUT2D eigenvalue weighted by Crippen LogP contribution is -2.54. The van der Waals surface area contributed by atoms with Gasteiger partial charge in [0.05, 0.1) is 0 Å². The Morgan fingerprint density at radius 1 is 1.10 bits per heavy atom. The van der Waals surface area contributed by atoms with Crippen molar-refractivity contribution in [3.8, 4) is 5.75 Å². The Bertz CT molecular complexity index is 1080. The van der Waals surface area contributed by atoms with Crippen LogP contribution in [0.3, 0.4) is 0 Å². The van der Waals surface area contributed by atoms with E-state index < -0.39 is 6.10 Å². The van der Waals surface area contributed by atoms with Crippen LogP contribution in [0.4, 0.5) is 11.5 Å². The summed E-state index contributed by atoms with van der Waals surface area (Å²) in [5.74, 6) is 1.64. The van der Waals surface area contributed by atoms with E-state index in [1.54, 1.807) is 12.3 Å². The van der Waals surface area contributed by atoms with Crippen LogP contribution < -0.4 is 20.7 Å². The number of pyridine rings is 1. The number of nitrogens with two attached hydrogens (primary N) is 1. The Morgan fingerprint density at radius 2 is 1.84 bits per heavy atom. The molecule has 158 valence electrons. The van der Waals surface area contributed by atoms with Crippen molar-refractivity contribution in [2.45, 2.75) is 30.9 Å². The molecule has 31 heavy (non-hydrogen) atoms. The standard InChI is InChI=1S/C25H26N4O2/c26-19-10-13-27-22(16-19)29-14-11-25(12-15-29)20-8-4-5-9-21(20)31-23(25)24(30)28-17-18-6-2-1-3-7-18/h1-10,13,16,23H,11-12,14-15,17H2,(H2,26,27)(H,28,30)/t23-/m0/s1. The average Bonchev–Trinajstić information content (AvgIpc) is 3.13. The molecule has 0 radical (unpaired) electrons. The Kier molecular flexibility index (Phi) is 4.98. The quantitative estimate of drug-likeness (QED) is 0.685. The van der Waals surface area contributed by atoms with Crippen LogP contribution in [0.5, 0.6) is 5.75 Å². The van der Waals surface area contributed by atoms with E-state index in [4.69, 9.17) is 10.5 Å². The highest BCUT2D eigenvalue weighted by Crippen LogP contribution is 2.49. The summed E-state index contributed by atoms with van der Waals surface area (Å²) in [6.07, 6.45) is 2.82. The number of hydrogen-bond acceptors (Lipinski definition) is 5. The molecule has 1 atom stereocenters. The van der Waals surface area contributed by atoms with Crippen LogP contribution in [0.15, 0.2) is 72.9 Å². The molecule has 1 aromatic heterocycles. The van der Waals surface area contributed by atoms with Crippen LogP contribution >= 0.6 is 0 Å². The molecule has 3 N–H and O–H groups in total. The zero-order chi connectivity index (χ0) is 21.3. The van der Waals surface area contributed by atoms with Gasteiger partial charge in [-0.3, -0.25) is 4.79 Å². The minimum atomic E-state index is -0.537. The van der Waals surface area contributed by atoms with Crippen molar-refractivity contribution in [1.29, 1.82) is 0 Å². The molecule has 0 bridgehead atoms. The summed E-state index contributed by atoms with van der Waals surface area (Å²) in [5, 5.41) is 3.09. The second kappa shape index (κ2) is 7.95. The fourth-order valence-electron chi connectivity index (χ4n) is 4.82. The first kappa shape index (κ1) is 19.4. The molecular formula is C25H26N4O2. The van der Waals surface area contributed by atoms with Gasteiger partial charge in [0.25, 0.3) is 5.91 Å². The lowest BCUT2D eigenvalue weighted by Gasteiger charge is -2.42. The van der Waals surface area contributed by atoms with E-state index in [1.807, 2.05) is 54.6 Å². The van der Waals surface area contributed by atoms with Gasteiger partial charge in [-0.15, -0.1) is 0 Å². The van der Waals surface area contributed by atoms with Crippen molar-refractivity contribution < 1.29 is 9.53 Å². The number of nitrogen functional groups attached to an aromatic ring is 1. The highest BCUT2D eigenvalue weighted by molar-refractivity contribution is 5.85. The number of nitrogens with zero attached hydrogens (tertiary/aromatic N) is 2. The number of aromatic nitrogens is 1. The maximum absolute atomic E-state index is 13.3. The Labute approximate surface area is 182 Å². The van der Waals surface area contributed by atoms with Crippen LogP contribution in [0.2, 0.25) is 0 Å². The van der Waals surface area contributed by atoms with Gasteiger partial charge in [-0.25, -0.2) is 4.98 Å². The third-order valence-corrected chi connectivity index (χ3v) is 6.47. The third kappa shape index (κ3) is 3.58. The van der Waals surface area contributed by atoms with Crippen molar-refractivity contribution in [3.63, 3.8) is 0 Å². The second-order valence-corrected chi connectivity index (χ2v) is 8.29. The van der Waals surface area contributed by atoms with E-state index in [2.05, 4.69) is 21.3 Å². The summed E-state index contributed by atoms with van der Waals surface area (Å²) in [6, 6.07) is 21.7. The van der Waals surface area contributed by atoms with E-state index in [1.165, 1.54) is 0 Å². The number of carbonyl (C=O) groups is 1. The topological polar surface area (TPSA) is 80.5 Å². The van der Waals surface area contributed by atoms with Crippen LogP contribution in [-0.2, 0) is 16.8 Å². The second-order valence-electron chi connectivity index (χ2n) is 8.29. The van der Waals surface area contributed by atoms with Gasteiger partial charge < -0.3 is 20.7 Å². The minimum absolute atomic E-state index is 0.0596. The number of ether oxygens (including phenoxy) is 1. The molecule has 2 aliphatic rings. The van der Waals surface area contributed by atoms with Gasteiger partial charge in [-0.1, -0.05) is 48.5 Å². The largest absolute Gasteiger partial charge is 0.479 e. The molecule has 3 heterocycles. The van der Waals surface area contributed by atoms with Gasteiger partial charge in [0.2, 0.25) is 0 Å². The third-order valence-electron chi connectivity index (χ3n) is 6.47. The molecule has 1 amide bonds. The van der Waals surface area contributed by atoms with E-state index in [-0.39, 0.29) is 11.3 Å². The molecule has 1 fully saturated rings. The zero-order valence-electron chi connectivity index (χ0n) is 17.3. The molecule has 6 nitrogen and oxygen atoms in total. The first-order valence-electron chi connectivity index (χ1n) is 10.7. The molecule has 2 aromatic carbocycles. The first-order valence-corrected chi connectivity index (χ1v) is 10.7. The molecule has 1 saturated heterocycles. The van der Waals surface area contributed by atoms with Gasteiger partial charge in [-0.05, 0) is 30.5 Å². The van der Waals surface area contributed by atoms with E-state index >= 15 is 0 Å². The summed E-state index contributed by atoms with van der Waals surface area (Å²) >= 11 is 0. The predicted molar refractivity (Wildman–Crippen MR) is 121 cm³/mol. The Balaban J connectivity index is 1.37. The number of nitrogens with one attached hydrogen (secondary N) is 1. The monoisotopic (exact) mass is 414 g/mol. The molecule has 0 unspecified atom stereocenters. The maximum atomic E-state index is 13.3. The molecular weight excluding hydrogens is 388 g/mol. The fraction of sp³-hybridized carbons (Fsp3) is 0.280. The number of hydrogen-bond donors (Lipinski definition) is 2. The van der Waals surface area contributed by atoms with Crippen LogP contribution in [0, 0.1) is 0 Å².